The Balaban J connectivity index is 0.827. The zero-order valence-electron chi connectivity index (χ0n) is 43.3. The molecule has 1 spiro atoms. The number of anilines is 5. The number of hydrogen-bond donors (Lipinski definition) is 0. The van der Waals surface area contributed by atoms with Gasteiger partial charge in [0.2, 0.25) is 0 Å². The van der Waals surface area contributed by atoms with Crippen molar-refractivity contribution in [2.45, 2.75) is 56.8 Å². The molecule has 15 rings (SSSR count). The summed E-state index contributed by atoms with van der Waals surface area (Å²) in [6.07, 6.45) is 6.48. The van der Waals surface area contributed by atoms with Crippen LogP contribution < -0.4 is 14.5 Å². The fourth-order valence-corrected chi connectivity index (χ4v) is 14.0. The Labute approximate surface area is 446 Å². The van der Waals surface area contributed by atoms with Gasteiger partial charge in [0.1, 0.15) is 11.5 Å². The minimum Gasteiger partial charge on any atom is -0.457 e. The average Bonchev–Trinajstić information content (AvgIpc) is 4.19. The lowest BCUT2D eigenvalue weighted by Crippen LogP contribution is -2.32. The molecule has 1 heterocycles. The molecule has 3 heteroatoms. The van der Waals surface area contributed by atoms with Crippen LogP contribution in [0.4, 0.5) is 28.4 Å². The maximum Gasteiger partial charge on any atom is 0.134 e. The fourth-order valence-electron chi connectivity index (χ4n) is 14.0. The zero-order valence-corrected chi connectivity index (χ0v) is 43.3. The summed E-state index contributed by atoms with van der Waals surface area (Å²) in [5.41, 5.74) is 27.0. The number of hydrogen-bond acceptors (Lipinski definition) is 3. The number of allylic oxidation sites excluding steroid dienone is 4. The van der Waals surface area contributed by atoms with E-state index in [1.807, 2.05) is 0 Å². The molecule has 0 saturated carbocycles. The van der Waals surface area contributed by atoms with E-state index >= 15 is 0 Å². The number of ether oxygens (including phenoxy) is 1. The Morgan fingerprint density at radius 3 is 1.33 bits per heavy atom. The van der Waals surface area contributed by atoms with Crippen molar-refractivity contribution in [3.63, 3.8) is 0 Å². The van der Waals surface area contributed by atoms with E-state index in [1.54, 1.807) is 0 Å². The Bertz CT molecular complexity index is 4050. The first kappa shape index (κ1) is 44.6. The molecule has 5 aliphatic rings. The van der Waals surface area contributed by atoms with Crippen LogP contribution in [0.1, 0.15) is 90.6 Å². The lowest BCUT2D eigenvalue weighted by molar-refractivity contribution is 0.436. The zero-order chi connectivity index (χ0) is 50.9. The Morgan fingerprint density at radius 1 is 0.316 bits per heavy atom. The van der Waals surface area contributed by atoms with E-state index in [4.69, 9.17) is 4.74 Å². The van der Waals surface area contributed by atoms with Crippen LogP contribution >= 0.6 is 0 Å². The third kappa shape index (κ3) is 6.35. The van der Waals surface area contributed by atoms with Gasteiger partial charge in [-0.05, 0) is 157 Å². The summed E-state index contributed by atoms with van der Waals surface area (Å²) in [5.74, 6) is 1.78. The van der Waals surface area contributed by atoms with Gasteiger partial charge in [-0.2, -0.15) is 0 Å². The number of nitrogens with zero attached hydrogens (tertiary/aromatic N) is 2. The first-order chi connectivity index (χ1) is 37.2. The molecule has 3 nitrogen and oxygen atoms in total. The largest absolute Gasteiger partial charge is 0.457 e. The summed E-state index contributed by atoms with van der Waals surface area (Å²) >= 11 is 0. The third-order valence-electron chi connectivity index (χ3n) is 17.7. The molecule has 0 bridgehead atoms. The van der Waals surface area contributed by atoms with Gasteiger partial charge in [0.15, 0.2) is 0 Å². The number of rotatable bonds is 7. The van der Waals surface area contributed by atoms with Gasteiger partial charge in [-0.3, -0.25) is 0 Å². The second-order valence-corrected chi connectivity index (χ2v) is 22.3. The molecule has 0 aromatic heterocycles. The van der Waals surface area contributed by atoms with E-state index in [-0.39, 0.29) is 10.8 Å². The highest BCUT2D eigenvalue weighted by molar-refractivity contribution is 5.91. The van der Waals surface area contributed by atoms with E-state index < -0.39 is 5.41 Å². The highest BCUT2D eigenvalue weighted by Gasteiger charge is 2.51. The smallest absolute Gasteiger partial charge is 0.134 e. The summed E-state index contributed by atoms with van der Waals surface area (Å²) in [7, 11) is 0. The van der Waals surface area contributed by atoms with Crippen LogP contribution in [-0.4, -0.2) is 0 Å². The van der Waals surface area contributed by atoms with Crippen molar-refractivity contribution in [3.05, 3.63) is 298 Å². The van der Waals surface area contributed by atoms with Crippen LogP contribution in [0.25, 0.3) is 39.0 Å². The molecule has 0 fully saturated rings. The Kier molecular flexibility index (Phi) is 9.70. The van der Waals surface area contributed by atoms with Crippen LogP contribution in [0.5, 0.6) is 11.5 Å². The van der Waals surface area contributed by atoms with E-state index in [2.05, 4.69) is 280 Å². The second-order valence-electron chi connectivity index (χ2n) is 22.3. The van der Waals surface area contributed by atoms with Crippen LogP contribution in [0.15, 0.2) is 248 Å². The van der Waals surface area contributed by atoms with Crippen molar-refractivity contribution in [2.24, 2.45) is 0 Å². The highest BCUT2D eigenvalue weighted by atomic mass is 16.5. The quantitative estimate of drug-likeness (QED) is 0.158. The van der Waals surface area contributed by atoms with Crippen molar-refractivity contribution in [1.82, 2.24) is 0 Å². The van der Waals surface area contributed by atoms with Crippen LogP contribution in [0, 0.1) is 0 Å². The highest BCUT2D eigenvalue weighted by Crippen LogP contribution is 2.63. The van der Waals surface area contributed by atoms with E-state index in [1.165, 1.54) is 89.2 Å². The first-order valence-corrected chi connectivity index (χ1v) is 27.0. The van der Waals surface area contributed by atoms with Gasteiger partial charge in [-0.25, -0.2) is 0 Å². The van der Waals surface area contributed by atoms with Crippen LogP contribution in [0.2, 0.25) is 0 Å². The van der Waals surface area contributed by atoms with Crippen molar-refractivity contribution in [2.75, 3.05) is 9.80 Å². The summed E-state index contributed by atoms with van der Waals surface area (Å²) < 4.78 is 7.10. The van der Waals surface area contributed by atoms with Gasteiger partial charge in [-0.15, -0.1) is 0 Å². The minimum atomic E-state index is -0.524. The summed E-state index contributed by atoms with van der Waals surface area (Å²) in [6.45, 7) is 9.46. The monoisotopic (exact) mass is 976 g/mol. The summed E-state index contributed by atoms with van der Waals surface area (Å²) in [5, 5.41) is 0. The molecule has 4 aliphatic carbocycles. The van der Waals surface area contributed by atoms with Crippen molar-refractivity contribution in [3.8, 4) is 44.9 Å². The lowest BCUT2D eigenvalue weighted by Gasteiger charge is -2.40. The second kappa shape index (κ2) is 16.5. The van der Waals surface area contributed by atoms with Crippen molar-refractivity contribution < 1.29 is 4.74 Å². The fraction of sp³-hybridized carbons (Fsp3) is 0.123. The molecule has 364 valence electrons. The molecule has 76 heavy (non-hydrogen) atoms. The Hall–Kier alpha value is -8.92. The predicted octanol–water partition coefficient (Wildman–Crippen LogP) is 19.1. The minimum absolute atomic E-state index is 0.0926. The molecule has 1 aliphatic heterocycles. The third-order valence-corrected chi connectivity index (χ3v) is 17.7. The van der Waals surface area contributed by atoms with Crippen LogP contribution in [0.3, 0.4) is 0 Å². The van der Waals surface area contributed by atoms with E-state index in [0.29, 0.717) is 0 Å². The standard InChI is InChI=1S/C73H56N2O/c1-71(2)61-24-12-8-20-55(61)59-41-38-52(44-67(59)71)74(49-18-6-5-7-19-49)50-34-30-47(31-35-50)48-32-36-51(37-33-48)75(53-39-42-60-56-21-9-13-25-62(56)72(3,4)68(60)45-53)54-40-43-66-70(46-54)76-69-29-17-16-28-65(69)73(66)63-26-14-10-22-57(63)58-23-11-15-27-64(58)73/h5-32,34-36,38-46H,33,37H2,1-4H3. The maximum atomic E-state index is 7.10. The molecule has 0 atom stereocenters. The van der Waals surface area contributed by atoms with Crippen molar-refractivity contribution >= 4 is 34.0 Å². The molecule has 10 aromatic carbocycles. The topological polar surface area (TPSA) is 15.7 Å². The van der Waals surface area contributed by atoms with E-state index in [9.17, 15) is 0 Å². The van der Waals surface area contributed by atoms with Gasteiger partial charge in [0.05, 0.1) is 5.41 Å². The summed E-state index contributed by atoms with van der Waals surface area (Å²) in [4.78, 5) is 4.90. The number of fused-ring (bicyclic) bond motifs is 15. The number of para-hydroxylation sites is 2. The normalized spacial score (nSPS) is 15.8. The predicted molar refractivity (Wildman–Crippen MR) is 314 cm³/mol. The van der Waals surface area contributed by atoms with Crippen molar-refractivity contribution in [1.29, 1.82) is 0 Å². The molecule has 0 amide bonds. The van der Waals surface area contributed by atoms with E-state index in [0.717, 1.165) is 58.3 Å². The van der Waals surface area contributed by atoms with Crippen LogP contribution in [-0.2, 0) is 16.2 Å². The first-order valence-electron chi connectivity index (χ1n) is 27.0. The molecule has 10 aromatic rings. The molecule has 0 unspecified atom stereocenters. The molecule has 0 N–H and O–H groups in total. The van der Waals surface area contributed by atoms with Gasteiger partial charge in [0, 0.05) is 62.2 Å². The van der Waals surface area contributed by atoms with Gasteiger partial charge in [-0.1, -0.05) is 198 Å². The van der Waals surface area contributed by atoms with Gasteiger partial charge >= 0.3 is 0 Å². The number of benzene rings is 10. The molecule has 0 radical (unpaired) electrons. The Morgan fingerprint density at radius 2 is 0.750 bits per heavy atom. The summed E-state index contributed by atoms with van der Waals surface area (Å²) in [6, 6.07) is 85.6. The van der Waals surface area contributed by atoms with Gasteiger partial charge in [0.25, 0.3) is 0 Å². The molecular weight excluding hydrogens is 921 g/mol. The molecular formula is C73H56N2O. The molecule has 0 saturated heterocycles. The maximum absolute atomic E-state index is 7.10. The SMILES string of the molecule is CC1(C)c2ccccc2-c2ccc(N(C3=CC=C(c4ccc(N(c5ccccc5)c5ccc6c(c5)C(C)(C)c5ccccc5-6)cc4)CC3)c3ccc4c(c3)Oc3ccccc3C43c4ccccc4-c4ccccc43)cc21. The average molecular weight is 977 g/mol. The van der Waals surface area contributed by atoms with Gasteiger partial charge < -0.3 is 14.5 Å². The lowest BCUT2D eigenvalue weighted by atomic mass is 9.66.